The molecule has 0 spiro atoms. The summed E-state index contributed by atoms with van der Waals surface area (Å²) in [5.41, 5.74) is 0. The van der Waals surface area contributed by atoms with E-state index in [-0.39, 0.29) is 6.42 Å². The number of nitrogens with one attached hydrogen (secondary N) is 1. The van der Waals surface area contributed by atoms with Gasteiger partial charge < -0.3 is 15.3 Å². The molecule has 0 aromatic rings. The molecule has 0 aromatic heterocycles. The molecular formula is C16H30N2O2. The number of piperidine rings is 1. The maximum atomic E-state index is 10.8. The van der Waals surface area contributed by atoms with Crippen LogP contribution < -0.4 is 5.32 Å². The largest absolute Gasteiger partial charge is 0.481 e. The molecule has 4 nitrogen and oxygen atoms in total. The Morgan fingerprint density at radius 1 is 1.35 bits per heavy atom. The van der Waals surface area contributed by atoms with Crippen LogP contribution >= 0.6 is 0 Å². The standard InChI is InChI=1S/C16H30N2O2/c1-12(2)14-8-15(17-9-13-4-3-5-13)11-18(10-14)7-6-16(19)20/h12-15,17H,3-11H2,1-2H3,(H,19,20). The van der Waals surface area contributed by atoms with Crippen molar-refractivity contribution in [2.45, 2.75) is 52.0 Å². The van der Waals surface area contributed by atoms with Crippen LogP contribution in [-0.4, -0.2) is 48.2 Å². The van der Waals surface area contributed by atoms with Crippen molar-refractivity contribution in [3.63, 3.8) is 0 Å². The third kappa shape index (κ3) is 4.74. The van der Waals surface area contributed by atoms with Crippen LogP contribution in [0, 0.1) is 17.8 Å². The van der Waals surface area contributed by atoms with Gasteiger partial charge in [0.2, 0.25) is 0 Å². The lowest BCUT2D eigenvalue weighted by Gasteiger charge is -2.40. The molecule has 1 heterocycles. The number of carboxylic acid groups (broad SMARTS) is 1. The number of carbonyl (C=O) groups is 1. The second-order valence-corrected chi connectivity index (χ2v) is 7.05. The summed E-state index contributed by atoms with van der Waals surface area (Å²) < 4.78 is 0. The summed E-state index contributed by atoms with van der Waals surface area (Å²) in [5, 5.41) is 12.6. The van der Waals surface area contributed by atoms with E-state index >= 15 is 0 Å². The number of carboxylic acids is 1. The van der Waals surface area contributed by atoms with Crippen LogP contribution in [0.25, 0.3) is 0 Å². The molecule has 1 saturated heterocycles. The van der Waals surface area contributed by atoms with Crippen molar-refractivity contribution in [2.75, 3.05) is 26.2 Å². The predicted molar refractivity (Wildman–Crippen MR) is 80.8 cm³/mol. The summed E-state index contributed by atoms with van der Waals surface area (Å²) in [6.07, 6.45) is 5.68. The lowest BCUT2D eigenvalue weighted by atomic mass is 9.83. The maximum absolute atomic E-state index is 10.8. The third-order valence-electron chi connectivity index (χ3n) is 5.06. The van der Waals surface area contributed by atoms with Crippen molar-refractivity contribution in [1.29, 1.82) is 0 Å². The minimum atomic E-state index is -0.685. The van der Waals surface area contributed by atoms with E-state index in [9.17, 15) is 4.79 Å². The Morgan fingerprint density at radius 2 is 2.10 bits per heavy atom. The van der Waals surface area contributed by atoms with Crippen molar-refractivity contribution < 1.29 is 9.90 Å². The number of nitrogens with zero attached hydrogens (tertiary/aromatic N) is 1. The van der Waals surface area contributed by atoms with E-state index in [1.165, 1.54) is 25.7 Å². The van der Waals surface area contributed by atoms with Crippen LogP contribution in [0.5, 0.6) is 0 Å². The quantitative estimate of drug-likeness (QED) is 0.751. The molecule has 2 aliphatic rings. The van der Waals surface area contributed by atoms with Crippen LogP contribution in [0.15, 0.2) is 0 Å². The van der Waals surface area contributed by atoms with Crippen molar-refractivity contribution >= 4 is 5.97 Å². The van der Waals surface area contributed by atoms with E-state index in [1.807, 2.05) is 0 Å². The molecule has 1 aliphatic carbocycles. The number of aliphatic carboxylic acids is 1. The van der Waals surface area contributed by atoms with Crippen LogP contribution in [0.1, 0.15) is 46.0 Å². The first-order chi connectivity index (χ1) is 9.54. The van der Waals surface area contributed by atoms with Crippen LogP contribution in [0.3, 0.4) is 0 Å². The van der Waals surface area contributed by atoms with Gasteiger partial charge in [0.25, 0.3) is 0 Å². The summed E-state index contributed by atoms with van der Waals surface area (Å²) in [6, 6.07) is 0.547. The highest BCUT2D eigenvalue weighted by molar-refractivity contribution is 5.66. The first-order valence-electron chi connectivity index (χ1n) is 8.22. The first-order valence-corrected chi connectivity index (χ1v) is 8.22. The molecule has 2 fully saturated rings. The molecule has 2 unspecified atom stereocenters. The maximum Gasteiger partial charge on any atom is 0.304 e. The fourth-order valence-electron chi connectivity index (χ4n) is 3.33. The van der Waals surface area contributed by atoms with Gasteiger partial charge in [-0.05, 0) is 43.6 Å². The van der Waals surface area contributed by atoms with Gasteiger partial charge in [-0.2, -0.15) is 0 Å². The van der Waals surface area contributed by atoms with Crippen LogP contribution in [0.4, 0.5) is 0 Å². The lowest BCUT2D eigenvalue weighted by molar-refractivity contribution is -0.137. The van der Waals surface area contributed by atoms with Crippen molar-refractivity contribution in [2.24, 2.45) is 17.8 Å². The van der Waals surface area contributed by atoms with Gasteiger partial charge >= 0.3 is 5.97 Å². The number of likely N-dealkylation sites (tertiary alicyclic amines) is 1. The lowest BCUT2D eigenvalue weighted by Crippen LogP contribution is -2.51. The fraction of sp³-hybridized carbons (Fsp3) is 0.938. The zero-order chi connectivity index (χ0) is 14.5. The Hall–Kier alpha value is -0.610. The smallest absolute Gasteiger partial charge is 0.304 e. The monoisotopic (exact) mass is 282 g/mol. The molecule has 1 aliphatic heterocycles. The average molecular weight is 282 g/mol. The molecule has 20 heavy (non-hydrogen) atoms. The summed E-state index contributed by atoms with van der Waals surface area (Å²) in [4.78, 5) is 13.1. The molecule has 0 amide bonds. The second kappa shape index (κ2) is 7.41. The topological polar surface area (TPSA) is 52.6 Å². The third-order valence-corrected chi connectivity index (χ3v) is 5.06. The highest BCUT2D eigenvalue weighted by Crippen LogP contribution is 2.27. The summed E-state index contributed by atoms with van der Waals surface area (Å²) in [7, 11) is 0. The van der Waals surface area contributed by atoms with Gasteiger partial charge in [0.1, 0.15) is 0 Å². The number of rotatable bonds is 7. The van der Waals surface area contributed by atoms with Crippen LogP contribution in [0.2, 0.25) is 0 Å². The number of hydrogen-bond donors (Lipinski definition) is 2. The Kier molecular flexibility index (Phi) is 5.85. The van der Waals surface area contributed by atoms with E-state index in [0.29, 0.717) is 24.4 Å². The van der Waals surface area contributed by atoms with Gasteiger partial charge in [-0.25, -0.2) is 0 Å². The molecule has 1 saturated carbocycles. The zero-order valence-electron chi connectivity index (χ0n) is 13.0. The van der Waals surface area contributed by atoms with Gasteiger partial charge in [0.15, 0.2) is 0 Å². The molecule has 2 rings (SSSR count). The fourth-order valence-corrected chi connectivity index (χ4v) is 3.33. The van der Waals surface area contributed by atoms with Gasteiger partial charge in [-0.15, -0.1) is 0 Å². The molecule has 2 atom stereocenters. The highest BCUT2D eigenvalue weighted by atomic mass is 16.4. The van der Waals surface area contributed by atoms with Crippen molar-refractivity contribution in [3.05, 3.63) is 0 Å². The molecule has 2 N–H and O–H groups in total. The Morgan fingerprint density at radius 3 is 2.65 bits per heavy atom. The molecule has 0 bridgehead atoms. The highest BCUT2D eigenvalue weighted by Gasteiger charge is 2.29. The van der Waals surface area contributed by atoms with E-state index in [2.05, 4.69) is 24.1 Å². The zero-order valence-corrected chi connectivity index (χ0v) is 13.0. The van der Waals surface area contributed by atoms with Gasteiger partial charge in [0, 0.05) is 25.7 Å². The van der Waals surface area contributed by atoms with Gasteiger partial charge in [0.05, 0.1) is 6.42 Å². The summed E-state index contributed by atoms with van der Waals surface area (Å²) in [6.45, 7) is 8.50. The minimum absolute atomic E-state index is 0.264. The Balaban J connectivity index is 1.80. The second-order valence-electron chi connectivity index (χ2n) is 7.05. The van der Waals surface area contributed by atoms with E-state index in [0.717, 1.165) is 25.6 Å². The molecule has 0 aromatic carbocycles. The van der Waals surface area contributed by atoms with E-state index < -0.39 is 5.97 Å². The summed E-state index contributed by atoms with van der Waals surface area (Å²) in [5.74, 6) is 1.57. The minimum Gasteiger partial charge on any atom is -0.481 e. The van der Waals surface area contributed by atoms with Crippen LogP contribution in [-0.2, 0) is 4.79 Å². The van der Waals surface area contributed by atoms with Gasteiger partial charge in [-0.3, -0.25) is 4.79 Å². The Bertz CT molecular complexity index is 316. The van der Waals surface area contributed by atoms with Crippen molar-refractivity contribution in [1.82, 2.24) is 10.2 Å². The molecule has 4 heteroatoms. The summed E-state index contributed by atoms with van der Waals surface area (Å²) >= 11 is 0. The SMILES string of the molecule is CC(C)C1CC(NCC2CCC2)CN(CCC(=O)O)C1. The van der Waals surface area contributed by atoms with E-state index in [4.69, 9.17) is 5.11 Å². The Labute approximate surface area is 122 Å². The van der Waals surface area contributed by atoms with Crippen molar-refractivity contribution in [3.8, 4) is 0 Å². The molecular weight excluding hydrogens is 252 g/mol. The van der Waals surface area contributed by atoms with E-state index in [1.54, 1.807) is 0 Å². The first kappa shape index (κ1) is 15.8. The van der Waals surface area contributed by atoms with Gasteiger partial charge in [-0.1, -0.05) is 20.3 Å². The normalized spacial score (nSPS) is 28.6. The molecule has 116 valence electrons. The number of hydrogen-bond acceptors (Lipinski definition) is 3. The average Bonchev–Trinajstić information content (AvgIpc) is 2.34. The molecule has 0 radical (unpaired) electrons. The predicted octanol–water partition coefficient (Wildman–Crippen LogP) is 2.20.